The number of benzene rings is 1. The van der Waals surface area contributed by atoms with Crippen molar-refractivity contribution in [3.05, 3.63) is 45.7 Å². The molecule has 0 aliphatic rings. The second-order valence-electron chi connectivity index (χ2n) is 4.57. The van der Waals surface area contributed by atoms with Crippen LogP contribution in [0.5, 0.6) is 5.75 Å². The van der Waals surface area contributed by atoms with Crippen LogP contribution in [0.2, 0.25) is 0 Å². The molecule has 6 heteroatoms. The summed E-state index contributed by atoms with van der Waals surface area (Å²) in [6.07, 6.45) is -0.164. The number of methoxy groups -OCH3 is 1. The number of thiazole rings is 1. The fourth-order valence-corrected chi connectivity index (χ4v) is 2.33. The fourth-order valence-electron chi connectivity index (χ4n) is 1.67. The Morgan fingerprint density at radius 1 is 1.55 bits per heavy atom. The van der Waals surface area contributed by atoms with Gasteiger partial charge in [0.2, 0.25) is 5.78 Å². The van der Waals surface area contributed by atoms with Crippen LogP contribution in [0.4, 0.5) is 4.39 Å². The van der Waals surface area contributed by atoms with Crippen molar-refractivity contribution < 1.29 is 19.0 Å². The maximum Gasteiger partial charge on any atom is 0.212 e. The maximum absolute atomic E-state index is 13.6. The fraction of sp³-hybridized carbons (Fsp3) is 0.250. The molecule has 4 nitrogen and oxygen atoms in total. The van der Waals surface area contributed by atoms with Crippen LogP contribution in [-0.2, 0) is 0 Å². The van der Waals surface area contributed by atoms with Crippen molar-refractivity contribution in [1.82, 2.24) is 4.98 Å². The Hall–Kier alpha value is -2.23. The predicted octanol–water partition coefficient (Wildman–Crippen LogP) is 2.64. The first kappa shape index (κ1) is 16.1. The number of ether oxygens (including phenoxy) is 1. The molecule has 0 saturated heterocycles. The second kappa shape index (κ2) is 7.16. The van der Waals surface area contributed by atoms with Crippen molar-refractivity contribution in [3.8, 4) is 17.6 Å². The normalized spacial score (nSPS) is 11.5. The minimum atomic E-state index is -0.597. The van der Waals surface area contributed by atoms with E-state index in [-0.39, 0.29) is 22.8 Å². The van der Waals surface area contributed by atoms with Gasteiger partial charge in [-0.2, -0.15) is 0 Å². The Balaban J connectivity index is 2.18. The van der Waals surface area contributed by atoms with E-state index in [9.17, 15) is 9.18 Å². The average Bonchev–Trinajstić information content (AvgIpc) is 2.95. The summed E-state index contributed by atoms with van der Waals surface area (Å²) in [6.45, 7) is 1.64. The van der Waals surface area contributed by atoms with E-state index in [4.69, 9.17) is 9.84 Å². The Morgan fingerprint density at radius 2 is 2.32 bits per heavy atom. The molecule has 0 spiro atoms. The number of nitrogens with zero attached hydrogens (tertiary/aromatic N) is 1. The van der Waals surface area contributed by atoms with Crippen LogP contribution in [0.15, 0.2) is 23.6 Å². The number of rotatable bonds is 4. The number of carbonyl (C=O) groups is 1. The Kier molecular flexibility index (Phi) is 5.26. The Labute approximate surface area is 131 Å². The largest absolute Gasteiger partial charge is 0.494 e. The number of hydrogen-bond donors (Lipinski definition) is 1. The summed E-state index contributed by atoms with van der Waals surface area (Å²) in [5.41, 5.74) is 0.419. The summed E-state index contributed by atoms with van der Waals surface area (Å²) in [7, 11) is 1.36. The van der Waals surface area contributed by atoms with Crippen LogP contribution in [0.25, 0.3) is 0 Å². The van der Waals surface area contributed by atoms with Gasteiger partial charge in [0.25, 0.3) is 0 Å². The molecule has 1 N–H and O–H groups in total. The van der Waals surface area contributed by atoms with Crippen LogP contribution in [0.1, 0.15) is 34.4 Å². The molecular weight excluding hydrogens is 305 g/mol. The first-order valence-electron chi connectivity index (χ1n) is 6.52. The van der Waals surface area contributed by atoms with Crippen molar-refractivity contribution in [3.63, 3.8) is 0 Å². The topological polar surface area (TPSA) is 59.4 Å². The number of halogens is 1. The molecule has 0 radical (unpaired) electrons. The van der Waals surface area contributed by atoms with Gasteiger partial charge in [-0.05, 0) is 31.0 Å². The molecule has 114 valence electrons. The van der Waals surface area contributed by atoms with Gasteiger partial charge in [-0.1, -0.05) is 5.92 Å². The molecule has 0 bridgehead atoms. The highest BCUT2D eigenvalue weighted by Crippen LogP contribution is 2.20. The summed E-state index contributed by atoms with van der Waals surface area (Å²) in [5.74, 6) is 4.67. The molecule has 2 rings (SSSR count). The van der Waals surface area contributed by atoms with Crippen molar-refractivity contribution in [2.75, 3.05) is 7.11 Å². The molecule has 1 atom stereocenters. The molecule has 0 fully saturated rings. The van der Waals surface area contributed by atoms with Gasteiger partial charge in [0.1, 0.15) is 5.69 Å². The third kappa shape index (κ3) is 3.91. The zero-order valence-corrected chi connectivity index (χ0v) is 12.9. The smallest absolute Gasteiger partial charge is 0.212 e. The van der Waals surface area contributed by atoms with Gasteiger partial charge >= 0.3 is 0 Å². The van der Waals surface area contributed by atoms with Crippen molar-refractivity contribution in [2.45, 2.75) is 19.4 Å². The van der Waals surface area contributed by atoms with E-state index in [0.717, 1.165) is 6.07 Å². The van der Waals surface area contributed by atoms with E-state index >= 15 is 0 Å². The zero-order valence-electron chi connectivity index (χ0n) is 12.1. The monoisotopic (exact) mass is 319 g/mol. The van der Waals surface area contributed by atoms with E-state index in [1.807, 2.05) is 0 Å². The summed E-state index contributed by atoms with van der Waals surface area (Å²) >= 11 is 1.23. The number of aliphatic hydroxyl groups excluding tert-OH is 1. The number of carbonyl (C=O) groups excluding carboxylic acids is 1. The maximum atomic E-state index is 13.6. The van der Waals surface area contributed by atoms with Crippen molar-refractivity contribution in [1.29, 1.82) is 0 Å². The molecule has 1 aromatic carbocycles. The van der Waals surface area contributed by atoms with Gasteiger partial charge < -0.3 is 9.84 Å². The third-order valence-corrected chi connectivity index (χ3v) is 3.50. The molecule has 0 aliphatic carbocycles. The standard InChI is InChI=1S/C16H14FNO3S/c1-10(19)4-3-5-15-18-13(9-22-15)16(20)11-6-7-14(21-2)12(17)8-11/h6-10,19H,4H2,1-2H3/t10-/m0/s1. The average molecular weight is 319 g/mol. The molecule has 0 unspecified atom stereocenters. The lowest BCUT2D eigenvalue weighted by Crippen LogP contribution is -2.03. The number of aliphatic hydroxyl groups is 1. The van der Waals surface area contributed by atoms with Gasteiger partial charge in [-0.15, -0.1) is 11.3 Å². The van der Waals surface area contributed by atoms with Crippen LogP contribution in [0, 0.1) is 17.7 Å². The molecule has 0 aliphatic heterocycles. The van der Waals surface area contributed by atoms with Gasteiger partial charge in [0.05, 0.1) is 13.2 Å². The third-order valence-electron chi connectivity index (χ3n) is 2.74. The van der Waals surface area contributed by atoms with Gasteiger partial charge in [-0.3, -0.25) is 4.79 Å². The zero-order chi connectivity index (χ0) is 16.1. The van der Waals surface area contributed by atoms with E-state index in [2.05, 4.69) is 16.8 Å². The molecule has 0 saturated carbocycles. The van der Waals surface area contributed by atoms with Gasteiger partial charge in [-0.25, -0.2) is 9.37 Å². The molecule has 1 heterocycles. The summed E-state index contributed by atoms with van der Waals surface area (Å²) in [4.78, 5) is 16.4. The van der Waals surface area contributed by atoms with Crippen molar-refractivity contribution in [2.24, 2.45) is 0 Å². The summed E-state index contributed by atoms with van der Waals surface area (Å²) < 4.78 is 18.4. The highest BCUT2D eigenvalue weighted by Gasteiger charge is 2.15. The summed E-state index contributed by atoms with van der Waals surface area (Å²) in [5, 5.41) is 11.2. The Morgan fingerprint density at radius 3 is 2.95 bits per heavy atom. The van der Waals surface area contributed by atoms with Crippen LogP contribution >= 0.6 is 11.3 Å². The van der Waals surface area contributed by atoms with Gasteiger partial charge in [0.15, 0.2) is 16.6 Å². The number of hydrogen-bond acceptors (Lipinski definition) is 5. The van der Waals surface area contributed by atoms with Crippen molar-refractivity contribution >= 4 is 17.1 Å². The van der Waals surface area contributed by atoms with E-state index in [1.54, 1.807) is 12.3 Å². The summed E-state index contributed by atoms with van der Waals surface area (Å²) in [6, 6.07) is 4.01. The molecular formula is C16H14FNO3S. The first-order chi connectivity index (χ1) is 10.5. The van der Waals surface area contributed by atoms with Crippen LogP contribution in [0.3, 0.4) is 0 Å². The highest BCUT2D eigenvalue weighted by molar-refractivity contribution is 7.10. The second-order valence-corrected chi connectivity index (χ2v) is 5.43. The predicted molar refractivity (Wildman–Crippen MR) is 81.7 cm³/mol. The van der Waals surface area contributed by atoms with Gasteiger partial charge in [0, 0.05) is 17.4 Å². The van der Waals surface area contributed by atoms with Crippen LogP contribution < -0.4 is 4.74 Å². The lowest BCUT2D eigenvalue weighted by atomic mass is 10.1. The molecule has 2 aromatic rings. The molecule has 1 aromatic heterocycles. The lowest BCUT2D eigenvalue weighted by Gasteiger charge is -2.03. The molecule has 22 heavy (non-hydrogen) atoms. The quantitative estimate of drug-likeness (QED) is 0.695. The van der Waals surface area contributed by atoms with Crippen LogP contribution in [-0.4, -0.2) is 29.1 Å². The number of aromatic nitrogens is 1. The SMILES string of the molecule is COc1ccc(C(=O)c2csc(C#CC[C@H](C)O)n2)cc1F. The molecule has 0 amide bonds. The van der Waals surface area contributed by atoms with E-state index in [0.29, 0.717) is 11.4 Å². The minimum absolute atomic E-state index is 0.0829. The Bertz CT molecular complexity index is 743. The number of ketones is 1. The van der Waals surface area contributed by atoms with E-state index < -0.39 is 11.9 Å². The lowest BCUT2D eigenvalue weighted by molar-refractivity contribution is 0.103. The first-order valence-corrected chi connectivity index (χ1v) is 7.40. The highest BCUT2D eigenvalue weighted by atomic mass is 32.1. The minimum Gasteiger partial charge on any atom is -0.494 e. The van der Waals surface area contributed by atoms with E-state index in [1.165, 1.54) is 30.6 Å².